The predicted octanol–water partition coefficient (Wildman–Crippen LogP) is 1.89. The molecule has 1 amide bonds. The average molecular weight is 251 g/mol. The summed E-state index contributed by atoms with van der Waals surface area (Å²) < 4.78 is 0. The summed E-state index contributed by atoms with van der Waals surface area (Å²) in [4.78, 5) is 11.7. The van der Waals surface area contributed by atoms with Crippen molar-refractivity contribution >= 4 is 5.91 Å². The molecule has 0 spiro atoms. The molecule has 18 heavy (non-hydrogen) atoms. The molecule has 1 aliphatic rings. The summed E-state index contributed by atoms with van der Waals surface area (Å²) in [6.45, 7) is 5.13. The Morgan fingerprint density at radius 1 is 1.50 bits per heavy atom. The third kappa shape index (κ3) is 4.04. The van der Waals surface area contributed by atoms with Crippen LogP contribution in [0.2, 0.25) is 0 Å². The number of aliphatic hydroxyl groups is 1. The first-order valence-electron chi connectivity index (χ1n) is 6.44. The van der Waals surface area contributed by atoms with Crippen LogP contribution in [0, 0.1) is 17.2 Å². The quantitative estimate of drug-likeness (QED) is 0.454. The van der Waals surface area contributed by atoms with Crippen LogP contribution in [0.3, 0.4) is 0 Å². The Balaban J connectivity index is 2.44. The Hall–Kier alpha value is -1.54. The molecule has 1 saturated heterocycles. The second-order valence-electron chi connectivity index (χ2n) is 4.73. The summed E-state index contributed by atoms with van der Waals surface area (Å²) in [5, 5.41) is 19.8. The second-order valence-corrected chi connectivity index (χ2v) is 4.73. The van der Waals surface area contributed by atoms with Crippen LogP contribution in [0.25, 0.3) is 0 Å². The Morgan fingerprint density at radius 3 is 2.56 bits per heavy atom. The highest BCUT2D eigenvalue weighted by Crippen LogP contribution is 2.20. The SMILES string of the molecule is CCCC1CCN(NC(=O)C(C#N)=C(C)O)CC1. The number of nitrogens with zero attached hydrogens (tertiary/aromatic N) is 2. The normalized spacial score (nSPS) is 18.9. The molecule has 0 atom stereocenters. The van der Waals surface area contributed by atoms with E-state index in [0.29, 0.717) is 0 Å². The van der Waals surface area contributed by atoms with Crippen molar-refractivity contribution in [2.75, 3.05) is 13.1 Å². The number of hydrazine groups is 1. The van der Waals surface area contributed by atoms with Gasteiger partial charge in [-0.3, -0.25) is 10.2 Å². The van der Waals surface area contributed by atoms with Gasteiger partial charge in [-0.1, -0.05) is 19.8 Å². The summed E-state index contributed by atoms with van der Waals surface area (Å²) in [5.74, 6) is -0.0176. The number of amides is 1. The highest BCUT2D eigenvalue weighted by atomic mass is 16.3. The van der Waals surface area contributed by atoms with Crippen molar-refractivity contribution in [3.63, 3.8) is 0 Å². The maximum Gasteiger partial charge on any atom is 0.279 e. The van der Waals surface area contributed by atoms with E-state index in [2.05, 4.69) is 12.3 Å². The van der Waals surface area contributed by atoms with E-state index >= 15 is 0 Å². The lowest BCUT2D eigenvalue weighted by molar-refractivity contribution is -0.122. The minimum Gasteiger partial charge on any atom is -0.511 e. The van der Waals surface area contributed by atoms with Crippen molar-refractivity contribution in [2.45, 2.75) is 39.5 Å². The highest BCUT2D eigenvalue weighted by molar-refractivity contribution is 5.97. The summed E-state index contributed by atoms with van der Waals surface area (Å²) in [6.07, 6.45) is 4.57. The topological polar surface area (TPSA) is 76.4 Å². The molecule has 1 aliphatic heterocycles. The number of nitriles is 1. The highest BCUT2D eigenvalue weighted by Gasteiger charge is 2.21. The smallest absolute Gasteiger partial charge is 0.279 e. The van der Waals surface area contributed by atoms with Gasteiger partial charge in [-0.25, -0.2) is 5.01 Å². The van der Waals surface area contributed by atoms with Gasteiger partial charge in [0.25, 0.3) is 5.91 Å². The largest absolute Gasteiger partial charge is 0.511 e. The first kappa shape index (κ1) is 14.5. The first-order valence-corrected chi connectivity index (χ1v) is 6.44. The van der Waals surface area contributed by atoms with Crippen molar-refractivity contribution in [3.8, 4) is 6.07 Å². The number of carbonyl (C=O) groups is 1. The average Bonchev–Trinajstić information content (AvgIpc) is 2.32. The maximum atomic E-state index is 11.7. The minimum atomic E-state index is -0.522. The number of rotatable bonds is 4. The summed E-state index contributed by atoms with van der Waals surface area (Å²) in [5.41, 5.74) is 2.45. The van der Waals surface area contributed by atoms with E-state index in [1.54, 1.807) is 6.07 Å². The fraction of sp³-hybridized carbons (Fsp3) is 0.692. The molecule has 0 radical (unpaired) electrons. The fourth-order valence-electron chi connectivity index (χ4n) is 2.24. The molecule has 0 aromatic rings. The van der Waals surface area contributed by atoms with Crippen LogP contribution >= 0.6 is 0 Å². The molecule has 0 aromatic carbocycles. The van der Waals surface area contributed by atoms with Gasteiger partial charge in [0.05, 0.1) is 0 Å². The Labute approximate surface area is 108 Å². The predicted molar refractivity (Wildman–Crippen MR) is 68.3 cm³/mol. The van der Waals surface area contributed by atoms with E-state index in [9.17, 15) is 9.90 Å². The lowest BCUT2D eigenvalue weighted by atomic mass is 9.93. The molecule has 0 aromatic heterocycles. The molecule has 1 fully saturated rings. The Bertz CT molecular complexity index is 359. The third-order valence-corrected chi connectivity index (χ3v) is 3.27. The molecule has 0 aliphatic carbocycles. The number of hydrogen-bond acceptors (Lipinski definition) is 4. The maximum absolute atomic E-state index is 11.7. The van der Waals surface area contributed by atoms with Gasteiger partial charge in [-0.15, -0.1) is 0 Å². The van der Waals surface area contributed by atoms with Crippen molar-refractivity contribution in [2.24, 2.45) is 5.92 Å². The standard InChI is InChI=1S/C13H21N3O2/c1-3-4-11-5-7-16(8-6-11)15-13(18)12(9-14)10(2)17/h11,17H,3-8H2,1-2H3,(H,15,18). The zero-order valence-electron chi connectivity index (χ0n) is 11.1. The number of hydrogen-bond donors (Lipinski definition) is 2. The molecule has 1 rings (SSSR count). The van der Waals surface area contributed by atoms with Crippen molar-refractivity contribution < 1.29 is 9.90 Å². The molecule has 5 nitrogen and oxygen atoms in total. The van der Waals surface area contributed by atoms with Gasteiger partial charge in [0.1, 0.15) is 11.8 Å². The van der Waals surface area contributed by atoms with Crippen LogP contribution in [0.4, 0.5) is 0 Å². The molecular weight excluding hydrogens is 230 g/mol. The van der Waals surface area contributed by atoms with Gasteiger partial charge in [-0.2, -0.15) is 5.26 Å². The lowest BCUT2D eigenvalue weighted by Gasteiger charge is -2.31. The second kappa shape index (κ2) is 7.02. The van der Waals surface area contributed by atoms with Crippen LogP contribution in [0.5, 0.6) is 0 Å². The molecule has 5 heteroatoms. The van der Waals surface area contributed by atoms with E-state index < -0.39 is 5.91 Å². The monoisotopic (exact) mass is 251 g/mol. The summed E-state index contributed by atoms with van der Waals surface area (Å²) in [6, 6.07) is 1.71. The Morgan fingerprint density at radius 2 is 2.11 bits per heavy atom. The van der Waals surface area contributed by atoms with E-state index in [0.717, 1.165) is 31.8 Å². The summed E-state index contributed by atoms with van der Waals surface area (Å²) >= 11 is 0. The van der Waals surface area contributed by atoms with Gasteiger partial charge >= 0.3 is 0 Å². The Kier molecular flexibility index (Phi) is 5.66. The van der Waals surface area contributed by atoms with Crippen molar-refractivity contribution in [3.05, 3.63) is 11.3 Å². The van der Waals surface area contributed by atoms with Gasteiger partial charge in [-0.05, 0) is 25.7 Å². The molecular formula is C13H21N3O2. The van der Waals surface area contributed by atoms with E-state index in [1.165, 1.54) is 19.8 Å². The number of carbonyl (C=O) groups excluding carboxylic acids is 1. The number of allylic oxidation sites excluding steroid dienone is 1. The third-order valence-electron chi connectivity index (χ3n) is 3.27. The van der Waals surface area contributed by atoms with E-state index in [1.807, 2.05) is 5.01 Å². The minimum absolute atomic E-state index is 0.217. The molecule has 1 heterocycles. The van der Waals surface area contributed by atoms with Crippen LogP contribution in [-0.2, 0) is 4.79 Å². The zero-order valence-corrected chi connectivity index (χ0v) is 11.1. The number of nitrogens with one attached hydrogen (secondary N) is 1. The molecule has 2 N–H and O–H groups in total. The lowest BCUT2D eigenvalue weighted by Crippen LogP contribution is -2.47. The number of aliphatic hydroxyl groups excluding tert-OH is 1. The fourth-order valence-corrected chi connectivity index (χ4v) is 2.24. The zero-order chi connectivity index (χ0) is 13.5. The molecule has 0 bridgehead atoms. The van der Waals surface area contributed by atoms with Crippen molar-refractivity contribution in [1.82, 2.24) is 10.4 Å². The van der Waals surface area contributed by atoms with Crippen LogP contribution in [0.15, 0.2) is 11.3 Å². The first-order chi connectivity index (χ1) is 8.58. The van der Waals surface area contributed by atoms with Gasteiger partial charge in [0.2, 0.25) is 0 Å². The molecule has 0 saturated carbocycles. The van der Waals surface area contributed by atoms with Gasteiger partial charge in [0, 0.05) is 13.1 Å². The number of piperidine rings is 1. The van der Waals surface area contributed by atoms with E-state index in [4.69, 9.17) is 5.26 Å². The van der Waals surface area contributed by atoms with Crippen molar-refractivity contribution in [1.29, 1.82) is 5.26 Å². The van der Waals surface area contributed by atoms with Gasteiger partial charge in [0.15, 0.2) is 5.57 Å². The van der Waals surface area contributed by atoms with E-state index in [-0.39, 0.29) is 11.3 Å². The van der Waals surface area contributed by atoms with Gasteiger partial charge < -0.3 is 5.11 Å². The van der Waals surface area contributed by atoms with Crippen LogP contribution in [0.1, 0.15) is 39.5 Å². The molecule has 100 valence electrons. The summed E-state index contributed by atoms with van der Waals surface area (Å²) in [7, 11) is 0. The van der Waals surface area contributed by atoms with Crippen LogP contribution < -0.4 is 5.43 Å². The van der Waals surface area contributed by atoms with Crippen LogP contribution in [-0.4, -0.2) is 29.1 Å². The molecule has 0 unspecified atom stereocenters.